The van der Waals surface area contributed by atoms with E-state index in [0.29, 0.717) is 6.04 Å². The molecule has 0 radical (unpaired) electrons. The molecule has 1 unspecified atom stereocenters. The summed E-state index contributed by atoms with van der Waals surface area (Å²) in [5.41, 5.74) is 1.20. The van der Waals surface area contributed by atoms with Crippen LogP contribution in [0, 0.1) is 0 Å². The third-order valence-corrected chi connectivity index (χ3v) is 2.12. The summed E-state index contributed by atoms with van der Waals surface area (Å²) in [5.74, 6) is 0. The maximum Gasteiger partial charge on any atom is 0.0950 e. The normalized spacial score (nSPS) is 13.6. The Balaban J connectivity index is 2.60. The van der Waals surface area contributed by atoms with Crippen molar-refractivity contribution in [1.29, 1.82) is 0 Å². The van der Waals surface area contributed by atoms with Crippen molar-refractivity contribution < 1.29 is 5.11 Å². The summed E-state index contributed by atoms with van der Waals surface area (Å²) in [6, 6.07) is 0.450. The quantitative estimate of drug-likeness (QED) is 0.770. The van der Waals surface area contributed by atoms with Gasteiger partial charge in [-0.25, -0.2) is 4.98 Å². The molecule has 0 bridgehead atoms. The first-order chi connectivity index (χ1) is 6.11. The zero-order valence-electron chi connectivity index (χ0n) is 8.57. The van der Waals surface area contributed by atoms with Crippen molar-refractivity contribution >= 4 is 0 Å². The number of nitrogens with zero attached hydrogens (tertiary/aromatic N) is 2. The van der Waals surface area contributed by atoms with Crippen molar-refractivity contribution in [2.45, 2.75) is 45.8 Å². The Morgan fingerprint density at radius 1 is 1.46 bits per heavy atom. The zero-order chi connectivity index (χ0) is 9.84. The molecular formula is C10H18N2O. The fourth-order valence-electron chi connectivity index (χ4n) is 1.35. The van der Waals surface area contributed by atoms with Crippen LogP contribution in [0.5, 0.6) is 0 Å². The van der Waals surface area contributed by atoms with Crippen molar-refractivity contribution in [2.75, 3.05) is 0 Å². The first-order valence-corrected chi connectivity index (χ1v) is 4.80. The van der Waals surface area contributed by atoms with Crippen LogP contribution in [-0.2, 0) is 6.42 Å². The summed E-state index contributed by atoms with van der Waals surface area (Å²) in [4.78, 5) is 4.10. The zero-order valence-corrected chi connectivity index (χ0v) is 8.57. The molecule has 0 saturated heterocycles. The third-order valence-electron chi connectivity index (χ3n) is 2.12. The van der Waals surface area contributed by atoms with Gasteiger partial charge in [-0.05, 0) is 33.6 Å². The first kappa shape index (κ1) is 10.3. The first-order valence-electron chi connectivity index (χ1n) is 4.80. The maximum atomic E-state index is 9.15. The highest BCUT2D eigenvalue weighted by molar-refractivity contribution is 5.00. The van der Waals surface area contributed by atoms with E-state index in [2.05, 4.69) is 23.4 Å². The molecular weight excluding hydrogens is 164 g/mol. The number of aliphatic hydroxyl groups excluding tert-OH is 1. The largest absolute Gasteiger partial charge is 0.393 e. The molecule has 13 heavy (non-hydrogen) atoms. The Bertz CT molecular complexity index is 253. The van der Waals surface area contributed by atoms with Gasteiger partial charge in [0, 0.05) is 17.9 Å². The van der Waals surface area contributed by atoms with E-state index >= 15 is 0 Å². The SMILES string of the molecule is CC(O)CCc1cncn1C(C)C. The van der Waals surface area contributed by atoms with E-state index in [4.69, 9.17) is 5.11 Å². The average molecular weight is 182 g/mol. The molecule has 1 aromatic rings. The number of aryl methyl sites for hydroxylation is 1. The Kier molecular flexibility index (Phi) is 3.48. The van der Waals surface area contributed by atoms with Gasteiger partial charge in [0.05, 0.1) is 12.4 Å². The summed E-state index contributed by atoms with van der Waals surface area (Å²) < 4.78 is 2.14. The number of rotatable bonds is 4. The smallest absolute Gasteiger partial charge is 0.0950 e. The van der Waals surface area contributed by atoms with Crippen LogP contribution in [0.3, 0.4) is 0 Å². The molecule has 0 aliphatic rings. The lowest BCUT2D eigenvalue weighted by atomic mass is 10.2. The molecule has 1 atom stereocenters. The lowest BCUT2D eigenvalue weighted by Crippen LogP contribution is -2.07. The van der Waals surface area contributed by atoms with Gasteiger partial charge in [-0.2, -0.15) is 0 Å². The van der Waals surface area contributed by atoms with E-state index in [1.165, 1.54) is 5.69 Å². The minimum Gasteiger partial charge on any atom is -0.393 e. The van der Waals surface area contributed by atoms with Crippen LogP contribution < -0.4 is 0 Å². The molecule has 3 heteroatoms. The third kappa shape index (κ3) is 2.84. The van der Waals surface area contributed by atoms with Crippen LogP contribution in [0.1, 0.15) is 38.9 Å². The minimum atomic E-state index is -0.226. The Hall–Kier alpha value is -0.830. The molecule has 0 aliphatic heterocycles. The van der Waals surface area contributed by atoms with Crippen LogP contribution in [0.2, 0.25) is 0 Å². The Morgan fingerprint density at radius 3 is 2.69 bits per heavy atom. The highest BCUT2D eigenvalue weighted by Gasteiger charge is 2.05. The highest BCUT2D eigenvalue weighted by Crippen LogP contribution is 2.11. The predicted octanol–water partition coefficient (Wildman–Crippen LogP) is 1.78. The van der Waals surface area contributed by atoms with Gasteiger partial charge in [-0.1, -0.05) is 0 Å². The average Bonchev–Trinajstić information content (AvgIpc) is 2.47. The molecule has 1 heterocycles. The molecule has 1 rings (SSSR count). The van der Waals surface area contributed by atoms with E-state index in [9.17, 15) is 0 Å². The number of aliphatic hydroxyl groups is 1. The maximum absolute atomic E-state index is 9.15. The van der Waals surface area contributed by atoms with Crippen LogP contribution in [0.4, 0.5) is 0 Å². The van der Waals surface area contributed by atoms with E-state index in [1.54, 1.807) is 0 Å². The minimum absolute atomic E-state index is 0.226. The Labute approximate surface area is 79.4 Å². The molecule has 74 valence electrons. The number of hydrogen-bond donors (Lipinski definition) is 1. The summed E-state index contributed by atoms with van der Waals surface area (Å²) in [7, 11) is 0. The van der Waals surface area contributed by atoms with Gasteiger partial charge in [0.2, 0.25) is 0 Å². The van der Waals surface area contributed by atoms with E-state index in [1.807, 2.05) is 19.4 Å². The Morgan fingerprint density at radius 2 is 2.15 bits per heavy atom. The molecule has 0 aromatic carbocycles. The van der Waals surface area contributed by atoms with Crippen LogP contribution in [0.15, 0.2) is 12.5 Å². The number of imidazole rings is 1. The van der Waals surface area contributed by atoms with Gasteiger partial charge < -0.3 is 9.67 Å². The fraction of sp³-hybridized carbons (Fsp3) is 0.700. The second-order valence-electron chi connectivity index (χ2n) is 3.77. The number of hydrogen-bond acceptors (Lipinski definition) is 2. The number of aromatic nitrogens is 2. The summed E-state index contributed by atoms with van der Waals surface area (Å²) in [6.07, 6.45) is 5.20. The standard InChI is InChI=1S/C10H18N2O/c1-8(2)12-7-11-6-10(12)5-4-9(3)13/h6-9,13H,4-5H2,1-3H3. The lowest BCUT2D eigenvalue weighted by molar-refractivity contribution is 0.184. The summed E-state index contributed by atoms with van der Waals surface area (Å²) >= 11 is 0. The highest BCUT2D eigenvalue weighted by atomic mass is 16.3. The van der Waals surface area contributed by atoms with Crippen molar-refractivity contribution in [2.24, 2.45) is 0 Å². The van der Waals surface area contributed by atoms with Gasteiger partial charge in [0.1, 0.15) is 0 Å². The molecule has 0 aliphatic carbocycles. The molecule has 0 saturated carbocycles. The van der Waals surface area contributed by atoms with E-state index in [-0.39, 0.29) is 6.10 Å². The topological polar surface area (TPSA) is 38.1 Å². The molecule has 1 N–H and O–H groups in total. The second-order valence-corrected chi connectivity index (χ2v) is 3.77. The lowest BCUT2D eigenvalue weighted by Gasteiger charge is -2.11. The van der Waals surface area contributed by atoms with Crippen LogP contribution in [0.25, 0.3) is 0 Å². The summed E-state index contributed by atoms with van der Waals surface area (Å²) in [6.45, 7) is 6.08. The van der Waals surface area contributed by atoms with Crippen LogP contribution in [-0.4, -0.2) is 20.8 Å². The van der Waals surface area contributed by atoms with Gasteiger partial charge in [-0.15, -0.1) is 0 Å². The molecule has 0 fully saturated rings. The van der Waals surface area contributed by atoms with Crippen molar-refractivity contribution in [3.63, 3.8) is 0 Å². The van der Waals surface area contributed by atoms with Gasteiger partial charge in [-0.3, -0.25) is 0 Å². The molecule has 0 spiro atoms. The predicted molar refractivity (Wildman–Crippen MR) is 52.6 cm³/mol. The fourth-order valence-corrected chi connectivity index (χ4v) is 1.35. The van der Waals surface area contributed by atoms with Crippen molar-refractivity contribution in [1.82, 2.24) is 9.55 Å². The molecule has 3 nitrogen and oxygen atoms in total. The second kappa shape index (κ2) is 4.42. The monoisotopic (exact) mass is 182 g/mol. The molecule has 0 amide bonds. The molecule has 1 aromatic heterocycles. The van der Waals surface area contributed by atoms with Gasteiger partial charge in [0.25, 0.3) is 0 Å². The van der Waals surface area contributed by atoms with Gasteiger partial charge >= 0.3 is 0 Å². The summed E-state index contributed by atoms with van der Waals surface area (Å²) in [5, 5.41) is 9.15. The van der Waals surface area contributed by atoms with Crippen molar-refractivity contribution in [3.8, 4) is 0 Å². The van der Waals surface area contributed by atoms with Crippen LogP contribution >= 0.6 is 0 Å². The van der Waals surface area contributed by atoms with E-state index < -0.39 is 0 Å². The van der Waals surface area contributed by atoms with Crippen molar-refractivity contribution in [3.05, 3.63) is 18.2 Å². The van der Waals surface area contributed by atoms with Gasteiger partial charge in [0.15, 0.2) is 0 Å². The van der Waals surface area contributed by atoms with E-state index in [0.717, 1.165) is 12.8 Å².